The van der Waals surface area contributed by atoms with Gasteiger partial charge in [-0.2, -0.15) is 0 Å². The molecule has 4 aromatic rings. The number of fused-ring (bicyclic) bond motifs is 3. The zero-order valence-corrected chi connectivity index (χ0v) is 22.1. The summed E-state index contributed by atoms with van der Waals surface area (Å²) in [6, 6.07) is 33.7. The Balaban J connectivity index is 1.64. The van der Waals surface area contributed by atoms with Crippen molar-refractivity contribution in [2.24, 2.45) is 0 Å². The van der Waals surface area contributed by atoms with E-state index in [2.05, 4.69) is 133 Å². The second-order valence-electron chi connectivity index (χ2n) is 11.4. The van der Waals surface area contributed by atoms with Crippen LogP contribution in [0.1, 0.15) is 61.1 Å². The first-order valence-electron chi connectivity index (χ1n) is 12.9. The molecule has 0 bridgehead atoms. The molecular weight excluding hydrogens is 439 g/mol. The lowest BCUT2D eigenvalue weighted by Crippen LogP contribution is -2.41. The Morgan fingerprint density at radius 2 is 1.06 bits per heavy atom. The van der Waals surface area contributed by atoms with Gasteiger partial charge in [-0.25, -0.2) is 0 Å². The van der Waals surface area contributed by atoms with E-state index in [-0.39, 0.29) is 11.2 Å². The van der Waals surface area contributed by atoms with E-state index in [0.717, 1.165) is 5.46 Å². The summed E-state index contributed by atoms with van der Waals surface area (Å²) in [6.45, 7) is 12.7. The van der Waals surface area contributed by atoms with E-state index in [1.165, 1.54) is 44.5 Å². The maximum absolute atomic E-state index is 6.48. The predicted octanol–water partition coefficient (Wildman–Crippen LogP) is 6.97. The molecule has 180 valence electrons. The Labute approximate surface area is 215 Å². The lowest BCUT2D eigenvalue weighted by atomic mass is 9.66. The van der Waals surface area contributed by atoms with E-state index in [1.54, 1.807) is 0 Å². The van der Waals surface area contributed by atoms with Crippen LogP contribution in [0.5, 0.6) is 0 Å². The van der Waals surface area contributed by atoms with Crippen LogP contribution in [0.2, 0.25) is 0 Å². The molecule has 1 aliphatic heterocycles. The van der Waals surface area contributed by atoms with Crippen LogP contribution in [-0.4, -0.2) is 18.3 Å². The summed E-state index contributed by atoms with van der Waals surface area (Å²) in [5.74, 6) is 0. The van der Waals surface area contributed by atoms with Gasteiger partial charge in [0.25, 0.3) is 0 Å². The fourth-order valence-electron chi connectivity index (χ4n) is 5.82. The van der Waals surface area contributed by atoms with Crippen molar-refractivity contribution in [1.82, 2.24) is 0 Å². The zero-order chi connectivity index (χ0) is 25.3. The van der Waals surface area contributed by atoms with Gasteiger partial charge in [0.05, 0.1) is 16.6 Å². The molecule has 2 nitrogen and oxygen atoms in total. The maximum Gasteiger partial charge on any atom is 0.494 e. The molecule has 0 unspecified atom stereocenters. The molecule has 0 radical (unpaired) electrons. The average Bonchev–Trinajstić information content (AvgIpc) is 3.27. The first-order chi connectivity index (χ1) is 17.1. The third-order valence-corrected chi connectivity index (χ3v) is 8.56. The van der Waals surface area contributed by atoms with E-state index in [4.69, 9.17) is 9.31 Å². The molecular formula is C33H33BO2. The predicted molar refractivity (Wildman–Crippen MR) is 149 cm³/mol. The standard InChI is InChI=1S/C33H33BO2/c1-22-11-15-24(16-12-22)33(25-17-13-23(2)14-18-25)29-10-8-7-9-27(29)28-20-19-26(21-30(28)33)34-35-31(3,4)32(5,6)36-34/h7-21H,1-6H3. The minimum atomic E-state index is -0.424. The highest BCUT2D eigenvalue weighted by atomic mass is 16.7. The lowest BCUT2D eigenvalue weighted by molar-refractivity contribution is 0.00578. The molecule has 1 aliphatic carbocycles. The summed E-state index contributed by atoms with van der Waals surface area (Å²) in [4.78, 5) is 0. The average molecular weight is 472 g/mol. The van der Waals surface area contributed by atoms with Gasteiger partial charge in [0.15, 0.2) is 0 Å². The van der Waals surface area contributed by atoms with Crippen molar-refractivity contribution < 1.29 is 9.31 Å². The molecule has 1 heterocycles. The molecule has 2 aliphatic rings. The fraction of sp³-hybridized carbons (Fsp3) is 0.273. The summed E-state index contributed by atoms with van der Waals surface area (Å²) in [6.07, 6.45) is 0. The van der Waals surface area contributed by atoms with Gasteiger partial charge in [0.1, 0.15) is 0 Å². The lowest BCUT2D eigenvalue weighted by Gasteiger charge is -2.34. The van der Waals surface area contributed by atoms with Gasteiger partial charge in [0.2, 0.25) is 0 Å². The van der Waals surface area contributed by atoms with Crippen LogP contribution in [0.4, 0.5) is 0 Å². The third kappa shape index (κ3) is 3.26. The molecule has 3 heteroatoms. The van der Waals surface area contributed by atoms with Gasteiger partial charge in [-0.05, 0) is 80.4 Å². The van der Waals surface area contributed by atoms with E-state index in [9.17, 15) is 0 Å². The first-order valence-corrected chi connectivity index (χ1v) is 12.9. The Hall–Kier alpha value is -3.14. The Kier molecular flexibility index (Phi) is 5.13. The van der Waals surface area contributed by atoms with Crippen molar-refractivity contribution in [2.75, 3.05) is 0 Å². The summed E-state index contributed by atoms with van der Waals surface area (Å²) in [7, 11) is -0.405. The number of rotatable bonds is 3. The highest BCUT2D eigenvalue weighted by Gasteiger charge is 2.53. The monoisotopic (exact) mass is 472 g/mol. The minimum Gasteiger partial charge on any atom is -0.399 e. The van der Waals surface area contributed by atoms with Crippen molar-refractivity contribution in [1.29, 1.82) is 0 Å². The molecule has 0 spiro atoms. The normalized spacial score (nSPS) is 18.7. The largest absolute Gasteiger partial charge is 0.494 e. The molecule has 0 atom stereocenters. The molecule has 1 saturated heterocycles. The molecule has 4 aromatic carbocycles. The van der Waals surface area contributed by atoms with Crippen LogP contribution in [0.25, 0.3) is 11.1 Å². The Morgan fingerprint density at radius 3 is 1.61 bits per heavy atom. The highest BCUT2D eigenvalue weighted by molar-refractivity contribution is 6.62. The van der Waals surface area contributed by atoms with Crippen molar-refractivity contribution in [3.05, 3.63) is 124 Å². The number of hydrogen-bond donors (Lipinski definition) is 0. The number of hydrogen-bond acceptors (Lipinski definition) is 2. The zero-order valence-electron chi connectivity index (χ0n) is 22.1. The van der Waals surface area contributed by atoms with E-state index < -0.39 is 12.5 Å². The third-order valence-electron chi connectivity index (χ3n) is 8.56. The summed E-state index contributed by atoms with van der Waals surface area (Å²) in [5, 5.41) is 0. The molecule has 36 heavy (non-hydrogen) atoms. The van der Waals surface area contributed by atoms with Crippen LogP contribution >= 0.6 is 0 Å². The second-order valence-corrected chi connectivity index (χ2v) is 11.4. The van der Waals surface area contributed by atoms with Crippen LogP contribution in [0, 0.1) is 13.8 Å². The Bertz CT molecular complexity index is 1390. The second kappa shape index (κ2) is 7.93. The molecule has 0 N–H and O–H groups in total. The van der Waals surface area contributed by atoms with E-state index >= 15 is 0 Å². The van der Waals surface area contributed by atoms with E-state index in [0.29, 0.717) is 0 Å². The van der Waals surface area contributed by atoms with Crippen LogP contribution < -0.4 is 5.46 Å². The fourth-order valence-corrected chi connectivity index (χ4v) is 5.82. The highest BCUT2D eigenvalue weighted by Crippen LogP contribution is 2.56. The van der Waals surface area contributed by atoms with Crippen LogP contribution in [-0.2, 0) is 14.7 Å². The van der Waals surface area contributed by atoms with Crippen molar-refractivity contribution in [2.45, 2.75) is 58.2 Å². The minimum absolute atomic E-state index is 0.384. The quantitative estimate of drug-likeness (QED) is 0.264. The van der Waals surface area contributed by atoms with E-state index in [1.807, 2.05) is 0 Å². The SMILES string of the molecule is Cc1ccc(C2(c3ccc(C)cc3)c3ccccc3-c3ccc(B4OC(C)(C)C(C)(C)O4)cc32)cc1. The van der Waals surface area contributed by atoms with Crippen LogP contribution in [0.15, 0.2) is 91.0 Å². The van der Waals surface area contributed by atoms with Gasteiger partial charge >= 0.3 is 7.12 Å². The topological polar surface area (TPSA) is 18.5 Å². The van der Waals surface area contributed by atoms with Crippen molar-refractivity contribution in [3.8, 4) is 11.1 Å². The van der Waals surface area contributed by atoms with Gasteiger partial charge in [-0.3, -0.25) is 0 Å². The summed E-state index contributed by atoms with van der Waals surface area (Å²) < 4.78 is 13.0. The van der Waals surface area contributed by atoms with Crippen molar-refractivity contribution in [3.63, 3.8) is 0 Å². The van der Waals surface area contributed by atoms with Gasteiger partial charge in [0, 0.05) is 0 Å². The number of aryl methyl sites for hydroxylation is 2. The van der Waals surface area contributed by atoms with Crippen LogP contribution in [0.3, 0.4) is 0 Å². The molecule has 1 fully saturated rings. The summed E-state index contributed by atoms with van der Waals surface area (Å²) >= 11 is 0. The first kappa shape index (κ1) is 23.3. The molecule has 0 amide bonds. The number of benzene rings is 4. The van der Waals surface area contributed by atoms with Gasteiger partial charge < -0.3 is 9.31 Å². The Morgan fingerprint density at radius 1 is 0.556 bits per heavy atom. The van der Waals surface area contributed by atoms with Gasteiger partial charge in [-0.15, -0.1) is 0 Å². The molecule has 6 rings (SSSR count). The molecule has 0 aromatic heterocycles. The van der Waals surface area contributed by atoms with Crippen molar-refractivity contribution >= 4 is 12.6 Å². The molecule has 0 saturated carbocycles. The maximum atomic E-state index is 6.48. The summed E-state index contributed by atoms with van der Waals surface area (Å²) in [5.41, 5.74) is 10.1. The van der Waals surface area contributed by atoms with Gasteiger partial charge in [-0.1, -0.05) is 102 Å². The smallest absolute Gasteiger partial charge is 0.399 e.